The van der Waals surface area contributed by atoms with Crippen LogP contribution in [0.15, 0.2) is 4.99 Å². The lowest BCUT2D eigenvalue weighted by molar-refractivity contribution is -0.121. The molecular weight excluding hydrogens is 148 g/mol. The van der Waals surface area contributed by atoms with E-state index >= 15 is 0 Å². The summed E-state index contributed by atoms with van der Waals surface area (Å²) in [6.07, 6.45) is 0. The van der Waals surface area contributed by atoms with E-state index in [1.165, 1.54) is 0 Å². The Labute approximate surface area is 65.3 Å². The SMILES string of the molecule is CC1=N[C@@H](CS)C(=O)N[CH]1. The Kier molecular flexibility index (Phi) is 2.32. The van der Waals surface area contributed by atoms with Crippen LogP contribution in [0.2, 0.25) is 0 Å². The van der Waals surface area contributed by atoms with Crippen LogP contribution in [0.5, 0.6) is 0 Å². The first-order valence-electron chi connectivity index (χ1n) is 3.03. The number of hydrogen-bond acceptors (Lipinski definition) is 3. The summed E-state index contributed by atoms with van der Waals surface area (Å²) < 4.78 is 0. The van der Waals surface area contributed by atoms with Crippen LogP contribution >= 0.6 is 12.6 Å². The highest BCUT2D eigenvalue weighted by Gasteiger charge is 2.19. The maximum absolute atomic E-state index is 10.9. The van der Waals surface area contributed by atoms with Crippen LogP contribution in [0.3, 0.4) is 0 Å². The van der Waals surface area contributed by atoms with Crippen molar-refractivity contribution in [3.8, 4) is 0 Å². The average molecular weight is 157 g/mol. The smallest absolute Gasteiger partial charge is 0.246 e. The molecule has 1 aliphatic rings. The maximum atomic E-state index is 10.9. The molecule has 10 heavy (non-hydrogen) atoms. The highest BCUT2D eigenvalue weighted by Crippen LogP contribution is 2.01. The predicted octanol–water partition coefficient (Wildman–Crippen LogP) is 0.0373. The molecule has 0 fully saturated rings. The molecule has 0 aromatic rings. The second-order valence-corrected chi connectivity index (χ2v) is 2.49. The van der Waals surface area contributed by atoms with Crippen LogP contribution in [0, 0.1) is 6.54 Å². The normalized spacial score (nSPS) is 25.6. The van der Waals surface area contributed by atoms with Crippen molar-refractivity contribution < 1.29 is 4.79 Å². The minimum atomic E-state index is -0.298. The van der Waals surface area contributed by atoms with Crippen LogP contribution in [0.4, 0.5) is 0 Å². The Morgan fingerprint density at radius 2 is 2.60 bits per heavy atom. The minimum Gasteiger partial charge on any atom is -0.344 e. The molecule has 0 aliphatic carbocycles. The number of thiol groups is 1. The number of carbonyl (C=O) groups excluding carboxylic acids is 1. The van der Waals surface area contributed by atoms with Crippen LogP contribution < -0.4 is 5.32 Å². The van der Waals surface area contributed by atoms with Crippen LogP contribution in [-0.4, -0.2) is 23.4 Å². The van der Waals surface area contributed by atoms with E-state index in [0.717, 1.165) is 5.71 Å². The molecule has 0 bridgehead atoms. The van der Waals surface area contributed by atoms with Crippen molar-refractivity contribution in [1.82, 2.24) is 5.32 Å². The number of amides is 1. The first kappa shape index (κ1) is 7.60. The van der Waals surface area contributed by atoms with E-state index < -0.39 is 0 Å². The van der Waals surface area contributed by atoms with Gasteiger partial charge in [0.1, 0.15) is 6.04 Å². The second kappa shape index (κ2) is 3.05. The standard InChI is InChI=1S/C6H9N2OS/c1-4-2-7-6(9)5(3-10)8-4/h2,5,10H,3H2,1H3,(H,7,9)/t5-/m0/s1. The Hall–Kier alpha value is -0.510. The molecule has 3 nitrogen and oxygen atoms in total. The molecule has 1 amide bonds. The Morgan fingerprint density at radius 3 is 3.10 bits per heavy atom. The molecule has 4 heteroatoms. The lowest BCUT2D eigenvalue weighted by Gasteiger charge is -2.16. The summed E-state index contributed by atoms with van der Waals surface area (Å²) >= 11 is 3.98. The highest BCUT2D eigenvalue weighted by atomic mass is 32.1. The molecule has 0 saturated heterocycles. The van der Waals surface area contributed by atoms with Gasteiger partial charge in [-0.05, 0) is 6.92 Å². The Balaban J connectivity index is 2.68. The molecule has 0 saturated carbocycles. The molecule has 0 aromatic carbocycles. The molecule has 1 rings (SSSR count). The van der Waals surface area contributed by atoms with E-state index in [1.807, 2.05) is 6.92 Å². The summed E-state index contributed by atoms with van der Waals surface area (Å²) in [5.41, 5.74) is 0.846. The van der Waals surface area contributed by atoms with Gasteiger partial charge in [0.15, 0.2) is 0 Å². The maximum Gasteiger partial charge on any atom is 0.246 e. The van der Waals surface area contributed by atoms with E-state index in [-0.39, 0.29) is 11.9 Å². The second-order valence-electron chi connectivity index (χ2n) is 2.12. The molecule has 1 atom stereocenters. The predicted molar refractivity (Wildman–Crippen MR) is 43.2 cm³/mol. The Bertz CT molecular complexity index is 179. The van der Waals surface area contributed by atoms with Gasteiger partial charge in [0.2, 0.25) is 5.91 Å². The largest absolute Gasteiger partial charge is 0.344 e. The van der Waals surface area contributed by atoms with Crippen molar-refractivity contribution in [1.29, 1.82) is 0 Å². The molecule has 1 heterocycles. The first-order chi connectivity index (χ1) is 4.74. The monoisotopic (exact) mass is 157 g/mol. The van der Waals surface area contributed by atoms with E-state index in [4.69, 9.17) is 0 Å². The minimum absolute atomic E-state index is 0.0689. The molecular formula is C6H9N2OS. The number of rotatable bonds is 1. The fourth-order valence-electron chi connectivity index (χ4n) is 0.737. The van der Waals surface area contributed by atoms with Gasteiger partial charge in [0.25, 0.3) is 0 Å². The van der Waals surface area contributed by atoms with Gasteiger partial charge in [0.05, 0.1) is 6.54 Å². The van der Waals surface area contributed by atoms with E-state index in [0.29, 0.717) is 5.75 Å². The lowest BCUT2D eigenvalue weighted by Crippen LogP contribution is -2.39. The third-order valence-corrected chi connectivity index (χ3v) is 1.60. The van der Waals surface area contributed by atoms with E-state index in [2.05, 4.69) is 22.9 Å². The summed E-state index contributed by atoms with van der Waals surface area (Å²) in [5, 5.41) is 2.59. The van der Waals surface area contributed by atoms with Crippen molar-refractivity contribution in [3.05, 3.63) is 6.54 Å². The fourth-order valence-corrected chi connectivity index (χ4v) is 0.985. The topological polar surface area (TPSA) is 41.5 Å². The Morgan fingerprint density at radius 1 is 1.90 bits per heavy atom. The van der Waals surface area contributed by atoms with Crippen LogP contribution in [0.1, 0.15) is 6.92 Å². The van der Waals surface area contributed by atoms with Gasteiger partial charge in [-0.25, -0.2) is 0 Å². The lowest BCUT2D eigenvalue weighted by atomic mass is 10.2. The molecule has 0 aromatic heterocycles. The molecule has 55 valence electrons. The van der Waals surface area contributed by atoms with Crippen molar-refractivity contribution in [2.75, 3.05) is 5.75 Å². The zero-order valence-corrected chi connectivity index (χ0v) is 6.56. The molecule has 1 N–H and O–H groups in total. The van der Waals surface area contributed by atoms with Gasteiger partial charge in [-0.3, -0.25) is 9.79 Å². The van der Waals surface area contributed by atoms with E-state index in [9.17, 15) is 4.79 Å². The number of hydrogen-bond donors (Lipinski definition) is 2. The summed E-state index contributed by atoms with van der Waals surface area (Å²) in [5.74, 6) is 0.400. The first-order valence-corrected chi connectivity index (χ1v) is 3.66. The van der Waals surface area contributed by atoms with Crippen molar-refractivity contribution in [2.24, 2.45) is 4.99 Å². The number of aliphatic imine (C=N–C) groups is 1. The zero-order chi connectivity index (χ0) is 7.56. The fraction of sp³-hybridized carbons (Fsp3) is 0.500. The van der Waals surface area contributed by atoms with Crippen molar-refractivity contribution in [2.45, 2.75) is 13.0 Å². The van der Waals surface area contributed by atoms with Crippen LogP contribution in [-0.2, 0) is 4.79 Å². The quantitative estimate of drug-likeness (QED) is 0.518. The summed E-state index contributed by atoms with van der Waals surface area (Å²) in [7, 11) is 0. The highest BCUT2D eigenvalue weighted by molar-refractivity contribution is 7.80. The van der Waals surface area contributed by atoms with Crippen molar-refractivity contribution in [3.63, 3.8) is 0 Å². The summed E-state index contributed by atoms with van der Waals surface area (Å²) in [4.78, 5) is 14.9. The van der Waals surface area contributed by atoms with Crippen molar-refractivity contribution >= 4 is 24.2 Å². The number of carbonyl (C=O) groups is 1. The molecule has 0 spiro atoms. The average Bonchev–Trinajstić information content (AvgIpc) is 1.94. The molecule has 1 aliphatic heterocycles. The summed E-state index contributed by atoms with van der Waals surface area (Å²) in [6.45, 7) is 3.44. The van der Waals surface area contributed by atoms with Gasteiger partial charge in [0, 0.05) is 11.5 Å². The van der Waals surface area contributed by atoms with Gasteiger partial charge in [-0.15, -0.1) is 0 Å². The van der Waals surface area contributed by atoms with Gasteiger partial charge >= 0.3 is 0 Å². The van der Waals surface area contributed by atoms with E-state index in [1.54, 1.807) is 6.54 Å². The van der Waals surface area contributed by atoms with Crippen LogP contribution in [0.25, 0.3) is 0 Å². The van der Waals surface area contributed by atoms with Gasteiger partial charge in [-0.1, -0.05) is 0 Å². The molecule has 1 radical (unpaired) electrons. The number of nitrogens with zero attached hydrogens (tertiary/aromatic N) is 1. The summed E-state index contributed by atoms with van der Waals surface area (Å²) in [6, 6.07) is -0.298. The zero-order valence-electron chi connectivity index (χ0n) is 5.66. The van der Waals surface area contributed by atoms with Gasteiger partial charge < -0.3 is 5.32 Å². The third-order valence-electron chi connectivity index (χ3n) is 1.26. The third kappa shape index (κ3) is 1.50. The van der Waals surface area contributed by atoms with Gasteiger partial charge in [-0.2, -0.15) is 12.6 Å². The molecule has 0 unspecified atom stereocenters. The number of nitrogens with one attached hydrogen (secondary N) is 1.